The number of benzene rings is 1. The molecule has 0 aliphatic carbocycles. The van der Waals surface area contributed by atoms with E-state index in [9.17, 15) is 9.59 Å². The molecular formula is C14H15NO4. The maximum atomic E-state index is 11.0. The summed E-state index contributed by atoms with van der Waals surface area (Å²) >= 11 is 0. The van der Waals surface area contributed by atoms with Gasteiger partial charge in [0, 0.05) is 6.21 Å². The van der Waals surface area contributed by atoms with Gasteiger partial charge in [0.1, 0.15) is 0 Å². The number of aryl methyl sites for hydroxylation is 2. The molecule has 0 bridgehead atoms. The van der Waals surface area contributed by atoms with Crippen molar-refractivity contribution < 1.29 is 19.8 Å². The topological polar surface area (TPSA) is 87.0 Å². The van der Waals surface area contributed by atoms with Gasteiger partial charge >= 0.3 is 11.9 Å². The van der Waals surface area contributed by atoms with Crippen molar-refractivity contribution in [1.29, 1.82) is 0 Å². The van der Waals surface area contributed by atoms with Gasteiger partial charge in [0.2, 0.25) is 0 Å². The van der Waals surface area contributed by atoms with Gasteiger partial charge in [-0.25, -0.2) is 4.79 Å². The average Bonchev–Trinajstić information content (AvgIpc) is 2.31. The molecule has 0 fully saturated rings. The zero-order chi connectivity index (χ0) is 14.4. The number of carbonyl (C=O) groups is 2. The largest absolute Gasteiger partial charge is 0.481 e. The second-order valence-corrected chi connectivity index (χ2v) is 4.06. The number of aliphatic carboxylic acids is 2. The van der Waals surface area contributed by atoms with Gasteiger partial charge in [0.15, 0.2) is 0 Å². The van der Waals surface area contributed by atoms with Crippen LogP contribution in [0.2, 0.25) is 0 Å². The van der Waals surface area contributed by atoms with Crippen molar-refractivity contribution in [3.05, 3.63) is 41.0 Å². The number of carboxylic acid groups (broad SMARTS) is 2. The first-order chi connectivity index (χ1) is 8.91. The fraction of sp³-hybridized carbons (Fsp3) is 0.214. The van der Waals surface area contributed by atoms with Crippen LogP contribution in [0.15, 0.2) is 34.8 Å². The summed E-state index contributed by atoms with van der Waals surface area (Å²) in [6.07, 6.45) is 1.96. The highest BCUT2D eigenvalue weighted by Crippen LogP contribution is 2.22. The lowest BCUT2D eigenvalue weighted by atomic mass is 10.1. The van der Waals surface area contributed by atoms with E-state index in [2.05, 4.69) is 4.99 Å². The first-order valence-corrected chi connectivity index (χ1v) is 5.67. The van der Waals surface area contributed by atoms with Crippen LogP contribution >= 0.6 is 0 Å². The molecule has 19 heavy (non-hydrogen) atoms. The van der Waals surface area contributed by atoms with Crippen LogP contribution in [0.4, 0.5) is 5.69 Å². The highest BCUT2D eigenvalue weighted by atomic mass is 16.4. The molecule has 0 aliphatic rings. The summed E-state index contributed by atoms with van der Waals surface area (Å²) in [6, 6.07) is 5.64. The third-order valence-corrected chi connectivity index (χ3v) is 2.52. The molecular weight excluding hydrogens is 246 g/mol. The second-order valence-electron chi connectivity index (χ2n) is 4.06. The van der Waals surface area contributed by atoms with Gasteiger partial charge in [-0.05, 0) is 25.0 Å². The van der Waals surface area contributed by atoms with E-state index >= 15 is 0 Å². The Bertz CT molecular complexity index is 538. The minimum Gasteiger partial charge on any atom is -0.481 e. The summed E-state index contributed by atoms with van der Waals surface area (Å²) in [5.41, 5.74) is 2.42. The number of hydrogen-bond acceptors (Lipinski definition) is 3. The molecule has 1 rings (SSSR count). The second kappa shape index (κ2) is 6.49. The van der Waals surface area contributed by atoms with Gasteiger partial charge in [-0.15, -0.1) is 0 Å². The number of nitrogens with zero attached hydrogens (tertiary/aromatic N) is 1. The lowest BCUT2D eigenvalue weighted by molar-refractivity contribution is -0.136. The number of rotatable bonds is 5. The van der Waals surface area contributed by atoms with Crippen LogP contribution in [-0.4, -0.2) is 28.4 Å². The minimum absolute atomic E-state index is 0.134. The Kier molecular flexibility index (Phi) is 5.00. The Morgan fingerprint density at radius 2 is 1.79 bits per heavy atom. The molecule has 2 N–H and O–H groups in total. The van der Waals surface area contributed by atoms with E-state index in [1.54, 1.807) is 0 Å². The highest BCUT2D eigenvalue weighted by molar-refractivity contribution is 6.09. The highest BCUT2D eigenvalue weighted by Gasteiger charge is 2.06. The van der Waals surface area contributed by atoms with Gasteiger partial charge in [-0.3, -0.25) is 9.79 Å². The maximum absolute atomic E-state index is 11.0. The predicted octanol–water partition coefficient (Wildman–Crippen LogP) is 2.49. The van der Waals surface area contributed by atoms with E-state index in [1.165, 1.54) is 6.21 Å². The number of hydrogen-bond donors (Lipinski definition) is 2. The zero-order valence-electron chi connectivity index (χ0n) is 10.8. The monoisotopic (exact) mass is 261 g/mol. The van der Waals surface area contributed by atoms with Crippen LogP contribution < -0.4 is 0 Å². The Balaban J connectivity index is 3.03. The zero-order valence-corrected chi connectivity index (χ0v) is 10.8. The number of carboxylic acids is 2. The van der Waals surface area contributed by atoms with Crippen molar-refractivity contribution in [3.63, 3.8) is 0 Å². The lowest BCUT2D eigenvalue weighted by Gasteiger charge is -2.03. The minimum atomic E-state index is -1.20. The molecule has 0 saturated carbocycles. The molecule has 0 saturated heterocycles. The van der Waals surface area contributed by atoms with Crippen molar-refractivity contribution >= 4 is 23.8 Å². The molecule has 0 atom stereocenters. The Hall–Kier alpha value is -2.43. The number of aliphatic imine (C=N–C) groups is 1. The quantitative estimate of drug-likeness (QED) is 0.629. The van der Waals surface area contributed by atoms with Crippen molar-refractivity contribution in [2.75, 3.05) is 0 Å². The third-order valence-electron chi connectivity index (χ3n) is 2.52. The fourth-order valence-electron chi connectivity index (χ4n) is 1.54. The summed E-state index contributed by atoms with van der Waals surface area (Å²) in [7, 11) is 0. The molecule has 0 amide bonds. The molecule has 5 nitrogen and oxygen atoms in total. The fourth-order valence-corrected chi connectivity index (χ4v) is 1.54. The average molecular weight is 261 g/mol. The van der Waals surface area contributed by atoms with E-state index in [0.29, 0.717) is 5.69 Å². The van der Waals surface area contributed by atoms with Gasteiger partial charge < -0.3 is 10.2 Å². The maximum Gasteiger partial charge on any atom is 0.336 e. The molecule has 0 radical (unpaired) electrons. The van der Waals surface area contributed by atoms with Gasteiger partial charge in [0.25, 0.3) is 0 Å². The molecule has 100 valence electrons. The van der Waals surface area contributed by atoms with Crippen molar-refractivity contribution in [2.45, 2.75) is 20.3 Å². The van der Waals surface area contributed by atoms with Gasteiger partial charge in [-0.2, -0.15) is 0 Å². The van der Waals surface area contributed by atoms with Crippen LogP contribution in [0.25, 0.3) is 0 Å². The van der Waals surface area contributed by atoms with E-state index in [4.69, 9.17) is 10.2 Å². The van der Waals surface area contributed by atoms with Crippen LogP contribution in [0.1, 0.15) is 17.5 Å². The van der Waals surface area contributed by atoms with Crippen molar-refractivity contribution in [1.82, 2.24) is 0 Å². The molecule has 1 aromatic carbocycles. The summed E-state index contributed by atoms with van der Waals surface area (Å²) in [5.74, 6) is -2.28. The smallest absolute Gasteiger partial charge is 0.336 e. The normalized spacial score (nSPS) is 11.8. The Morgan fingerprint density at radius 1 is 1.21 bits per heavy atom. The molecule has 1 aromatic rings. The van der Waals surface area contributed by atoms with Gasteiger partial charge in [-0.1, -0.05) is 24.3 Å². The summed E-state index contributed by atoms with van der Waals surface area (Å²) in [6.45, 7) is 3.75. The molecule has 0 unspecified atom stereocenters. The Morgan fingerprint density at radius 3 is 2.26 bits per heavy atom. The molecule has 0 heterocycles. The summed E-state index contributed by atoms with van der Waals surface area (Å²) in [4.78, 5) is 25.5. The van der Waals surface area contributed by atoms with E-state index in [0.717, 1.165) is 17.2 Å². The van der Waals surface area contributed by atoms with Crippen LogP contribution in [-0.2, 0) is 9.59 Å². The van der Waals surface area contributed by atoms with Crippen LogP contribution in [0.3, 0.4) is 0 Å². The first kappa shape index (κ1) is 14.6. The SMILES string of the molecule is Cc1cccc(C)c1N=CC(=CCC(=O)O)C(=O)O. The molecule has 0 spiro atoms. The molecule has 5 heteroatoms. The molecule has 0 aromatic heterocycles. The van der Waals surface area contributed by atoms with Crippen LogP contribution in [0.5, 0.6) is 0 Å². The summed E-state index contributed by atoms with van der Waals surface area (Å²) in [5, 5.41) is 17.5. The summed E-state index contributed by atoms with van der Waals surface area (Å²) < 4.78 is 0. The third kappa shape index (κ3) is 4.39. The first-order valence-electron chi connectivity index (χ1n) is 5.67. The van der Waals surface area contributed by atoms with E-state index in [-0.39, 0.29) is 12.0 Å². The van der Waals surface area contributed by atoms with E-state index in [1.807, 2.05) is 32.0 Å². The van der Waals surface area contributed by atoms with Gasteiger partial charge in [0.05, 0.1) is 17.7 Å². The Labute approximate surface area is 110 Å². The lowest BCUT2D eigenvalue weighted by Crippen LogP contribution is -2.03. The van der Waals surface area contributed by atoms with Crippen molar-refractivity contribution in [2.24, 2.45) is 4.99 Å². The molecule has 0 aliphatic heterocycles. The predicted molar refractivity (Wildman–Crippen MR) is 72.0 cm³/mol. The number of para-hydroxylation sites is 1. The van der Waals surface area contributed by atoms with Crippen molar-refractivity contribution in [3.8, 4) is 0 Å². The van der Waals surface area contributed by atoms with Crippen LogP contribution in [0, 0.1) is 13.8 Å². The standard InChI is InChI=1S/C14H15NO4/c1-9-4-3-5-10(2)13(9)15-8-11(14(18)19)6-7-12(16)17/h3-6,8H,7H2,1-2H3,(H,16,17)(H,18,19). The van der Waals surface area contributed by atoms with E-state index < -0.39 is 11.9 Å².